The third-order valence-corrected chi connectivity index (χ3v) is 2.24. The van der Waals surface area contributed by atoms with Crippen LogP contribution in [0.1, 0.15) is 17.3 Å². The molecule has 5 heteroatoms. The molecule has 0 radical (unpaired) electrons. The molecule has 3 N–H and O–H groups in total. The normalized spacial score (nSPS) is 12.6. The second-order valence-corrected chi connectivity index (χ2v) is 3.69. The van der Waals surface area contributed by atoms with Gasteiger partial charge >= 0.3 is 0 Å². The van der Waals surface area contributed by atoms with Gasteiger partial charge in [0.05, 0.1) is 23.5 Å². The number of carbonyl (C=O) groups excluding carboxylic acids is 1. The van der Waals surface area contributed by atoms with Crippen LogP contribution in [0, 0.1) is 0 Å². The van der Waals surface area contributed by atoms with Crippen LogP contribution in [0.3, 0.4) is 0 Å². The molecule has 1 aromatic heterocycles. The molecule has 1 unspecified atom stereocenters. The van der Waals surface area contributed by atoms with E-state index in [1.165, 1.54) is 0 Å². The van der Waals surface area contributed by atoms with Crippen LogP contribution in [0.2, 0.25) is 0 Å². The quantitative estimate of drug-likeness (QED) is 0.710. The molecule has 2 rings (SSSR count). The molecular formula is C11H13N3O2. The average Bonchev–Trinajstić information content (AvgIpc) is 2.72. The first-order valence-corrected chi connectivity index (χ1v) is 5.06. The third kappa shape index (κ3) is 2.20. The molecule has 0 saturated carbocycles. The number of benzene rings is 1. The topological polar surface area (TPSA) is 78.0 Å². The van der Waals surface area contributed by atoms with Crippen molar-refractivity contribution in [2.24, 2.45) is 0 Å². The van der Waals surface area contributed by atoms with E-state index in [9.17, 15) is 4.79 Å². The number of H-pyrrole nitrogens is 1. The van der Waals surface area contributed by atoms with Crippen LogP contribution < -0.4 is 5.32 Å². The molecule has 1 aromatic carbocycles. The van der Waals surface area contributed by atoms with E-state index in [1.807, 2.05) is 0 Å². The first-order chi connectivity index (χ1) is 7.66. The van der Waals surface area contributed by atoms with Gasteiger partial charge in [-0.1, -0.05) is 0 Å². The summed E-state index contributed by atoms with van der Waals surface area (Å²) in [5, 5.41) is 11.7. The molecular weight excluding hydrogens is 206 g/mol. The van der Waals surface area contributed by atoms with Crippen LogP contribution in [0.4, 0.5) is 0 Å². The third-order valence-electron chi connectivity index (χ3n) is 2.24. The maximum atomic E-state index is 11.7. The molecule has 1 amide bonds. The zero-order valence-electron chi connectivity index (χ0n) is 8.90. The van der Waals surface area contributed by atoms with Crippen molar-refractivity contribution in [3.05, 3.63) is 30.1 Å². The minimum Gasteiger partial charge on any atom is -0.392 e. The van der Waals surface area contributed by atoms with Crippen molar-refractivity contribution in [1.29, 1.82) is 0 Å². The molecule has 16 heavy (non-hydrogen) atoms. The summed E-state index contributed by atoms with van der Waals surface area (Å²) in [7, 11) is 0. The van der Waals surface area contributed by atoms with Crippen molar-refractivity contribution < 1.29 is 9.90 Å². The molecule has 0 saturated heterocycles. The van der Waals surface area contributed by atoms with Gasteiger partial charge in [-0.3, -0.25) is 4.79 Å². The van der Waals surface area contributed by atoms with Gasteiger partial charge in [-0.15, -0.1) is 0 Å². The van der Waals surface area contributed by atoms with Gasteiger partial charge < -0.3 is 15.4 Å². The van der Waals surface area contributed by atoms with Crippen LogP contribution in [0.25, 0.3) is 11.0 Å². The zero-order chi connectivity index (χ0) is 11.5. The largest absolute Gasteiger partial charge is 0.392 e. The number of hydrogen-bond donors (Lipinski definition) is 3. The van der Waals surface area contributed by atoms with Crippen molar-refractivity contribution in [3.8, 4) is 0 Å². The number of aliphatic hydroxyl groups is 1. The molecule has 0 aliphatic heterocycles. The van der Waals surface area contributed by atoms with Crippen LogP contribution >= 0.6 is 0 Å². The highest BCUT2D eigenvalue weighted by molar-refractivity contribution is 5.97. The molecule has 0 spiro atoms. The first kappa shape index (κ1) is 10.6. The summed E-state index contributed by atoms with van der Waals surface area (Å²) in [5.41, 5.74) is 2.20. The summed E-state index contributed by atoms with van der Waals surface area (Å²) in [5.74, 6) is -0.197. The van der Waals surface area contributed by atoms with Crippen LogP contribution in [-0.2, 0) is 0 Å². The van der Waals surface area contributed by atoms with E-state index in [0.29, 0.717) is 5.56 Å². The highest BCUT2D eigenvalue weighted by atomic mass is 16.3. The summed E-state index contributed by atoms with van der Waals surface area (Å²) in [6.45, 7) is 1.87. The fraction of sp³-hybridized carbons (Fsp3) is 0.273. The smallest absolute Gasteiger partial charge is 0.251 e. The van der Waals surface area contributed by atoms with Crippen molar-refractivity contribution in [3.63, 3.8) is 0 Å². The highest BCUT2D eigenvalue weighted by Crippen LogP contribution is 2.11. The molecule has 0 aliphatic carbocycles. The number of carbonyl (C=O) groups is 1. The number of hydrogen-bond acceptors (Lipinski definition) is 3. The Hall–Kier alpha value is -1.88. The number of rotatable bonds is 3. The van der Waals surface area contributed by atoms with Gasteiger partial charge in [0.25, 0.3) is 5.91 Å². The number of aliphatic hydroxyl groups excluding tert-OH is 1. The lowest BCUT2D eigenvalue weighted by Gasteiger charge is -2.06. The lowest BCUT2D eigenvalue weighted by atomic mass is 10.2. The lowest BCUT2D eigenvalue weighted by molar-refractivity contribution is 0.0924. The van der Waals surface area contributed by atoms with Gasteiger partial charge in [-0.2, -0.15) is 0 Å². The number of imidazole rings is 1. The maximum absolute atomic E-state index is 11.7. The number of fused-ring (bicyclic) bond motifs is 1. The van der Waals surface area contributed by atoms with Gasteiger partial charge in [0.2, 0.25) is 0 Å². The predicted octanol–water partition coefficient (Wildman–Crippen LogP) is 0.674. The Morgan fingerprint density at radius 3 is 3.19 bits per heavy atom. The van der Waals surface area contributed by atoms with E-state index in [-0.39, 0.29) is 12.5 Å². The van der Waals surface area contributed by atoms with Gasteiger partial charge in [0.15, 0.2) is 0 Å². The number of aromatic amines is 1. The van der Waals surface area contributed by atoms with E-state index in [1.54, 1.807) is 31.5 Å². The standard InChI is InChI=1S/C11H13N3O2/c1-7(15)5-12-11(16)8-2-3-9-10(4-8)14-6-13-9/h2-4,6-7,15H,5H2,1H3,(H,12,16)(H,13,14). The Morgan fingerprint density at radius 1 is 1.62 bits per heavy atom. The van der Waals surface area contributed by atoms with E-state index in [2.05, 4.69) is 15.3 Å². The fourth-order valence-electron chi connectivity index (χ4n) is 1.42. The molecule has 1 heterocycles. The number of nitrogens with zero attached hydrogens (tertiary/aromatic N) is 1. The SMILES string of the molecule is CC(O)CNC(=O)c1ccc2nc[nH]c2c1. The number of nitrogens with one attached hydrogen (secondary N) is 2. The summed E-state index contributed by atoms with van der Waals surface area (Å²) >= 11 is 0. The predicted molar refractivity (Wildman–Crippen MR) is 60.1 cm³/mol. The van der Waals surface area contributed by atoms with Crippen molar-refractivity contribution in [2.75, 3.05) is 6.54 Å². The van der Waals surface area contributed by atoms with Crippen LogP contribution in [-0.4, -0.2) is 33.6 Å². The van der Waals surface area contributed by atoms with Crippen LogP contribution in [0.15, 0.2) is 24.5 Å². The van der Waals surface area contributed by atoms with Gasteiger partial charge in [-0.25, -0.2) is 4.98 Å². The average molecular weight is 219 g/mol. The van der Waals surface area contributed by atoms with E-state index < -0.39 is 6.10 Å². The molecule has 84 valence electrons. The Bertz CT molecular complexity index is 505. The fourth-order valence-corrected chi connectivity index (χ4v) is 1.42. The molecule has 1 atom stereocenters. The van der Waals surface area contributed by atoms with E-state index in [0.717, 1.165) is 11.0 Å². The summed E-state index contributed by atoms with van der Waals surface area (Å²) in [6, 6.07) is 5.23. The zero-order valence-corrected chi connectivity index (χ0v) is 8.90. The molecule has 2 aromatic rings. The maximum Gasteiger partial charge on any atom is 0.251 e. The monoisotopic (exact) mass is 219 g/mol. The Balaban J connectivity index is 2.16. The summed E-state index contributed by atoms with van der Waals surface area (Å²) in [6.07, 6.45) is 1.04. The lowest BCUT2D eigenvalue weighted by Crippen LogP contribution is -2.30. The first-order valence-electron chi connectivity index (χ1n) is 5.06. The second kappa shape index (κ2) is 4.32. The Morgan fingerprint density at radius 2 is 2.44 bits per heavy atom. The summed E-state index contributed by atoms with van der Waals surface area (Å²) in [4.78, 5) is 18.7. The minimum absolute atomic E-state index is 0.197. The van der Waals surface area contributed by atoms with Gasteiger partial charge in [0.1, 0.15) is 0 Å². The molecule has 5 nitrogen and oxygen atoms in total. The van der Waals surface area contributed by atoms with E-state index in [4.69, 9.17) is 5.11 Å². The van der Waals surface area contributed by atoms with Gasteiger partial charge in [0, 0.05) is 12.1 Å². The summed E-state index contributed by atoms with van der Waals surface area (Å²) < 4.78 is 0. The van der Waals surface area contributed by atoms with Crippen molar-refractivity contribution in [1.82, 2.24) is 15.3 Å². The van der Waals surface area contributed by atoms with Crippen molar-refractivity contribution >= 4 is 16.9 Å². The number of amides is 1. The second-order valence-electron chi connectivity index (χ2n) is 3.69. The van der Waals surface area contributed by atoms with Gasteiger partial charge in [-0.05, 0) is 25.1 Å². The Kier molecular flexibility index (Phi) is 2.87. The highest BCUT2D eigenvalue weighted by Gasteiger charge is 2.07. The molecule has 0 aliphatic rings. The molecule has 0 fully saturated rings. The van der Waals surface area contributed by atoms with Crippen molar-refractivity contribution in [2.45, 2.75) is 13.0 Å². The Labute approximate surface area is 92.5 Å². The minimum atomic E-state index is -0.542. The van der Waals surface area contributed by atoms with E-state index >= 15 is 0 Å². The number of aromatic nitrogens is 2. The molecule has 0 bridgehead atoms. The van der Waals surface area contributed by atoms with Crippen LogP contribution in [0.5, 0.6) is 0 Å².